The summed E-state index contributed by atoms with van der Waals surface area (Å²) in [6.07, 6.45) is 64.8. The Morgan fingerprint density at radius 2 is 0.824 bits per heavy atom. The molecule has 0 saturated carbocycles. The van der Waals surface area contributed by atoms with Gasteiger partial charge in [0, 0.05) is 6.42 Å². The Bertz CT molecular complexity index is 1160. The second kappa shape index (κ2) is 50.9. The van der Waals surface area contributed by atoms with E-state index in [1.54, 1.807) is 6.08 Å². The first kappa shape index (κ1) is 67.0. The maximum absolute atomic E-state index is 12.9. The Balaban J connectivity index is 3.74. The second-order valence-electron chi connectivity index (χ2n) is 21.7. The van der Waals surface area contributed by atoms with Crippen LogP contribution in [-0.2, 0) is 18.4 Å². The number of unbranched alkanes of at least 4 members (excludes halogenated alkanes) is 40. The summed E-state index contributed by atoms with van der Waals surface area (Å²) in [6, 6.07) is -0.897. The summed E-state index contributed by atoms with van der Waals surface area (Å²) in [7, 11) is 1.25. The van der Waals surface area contributed by atoms with Crippen molar-refractivity contribution in [1.82, 2.24) is 5.32 Å². The highest BCUT2D eigenvalue weighted by atomic mass is 31.2. The predicted molar refractivity (Wildman–Crippen MR) is 293 cm³/mol. The van der Waals surface area contributed by atoms with Gasteiger partial charge in [-0.3, -0.25) is 9.36 Å². The van der Waals surface area contributed by atoms with Crippen molar-refractivity contribution < 1.29 is 32.9 Å². The van der Waals surface area contributed by atoms with Gasteiger partial charge in [-0.2, -0.15) is 0 Å². The lowest BCUT2D eigenvalue weighted by Gasteiger charge is -2.29. The highest BCUT2D eigenvalue weighted by Gasteiger charge is 2.23. The van der Waals surface area contributed by atoms with Gasteiger partial charge in [-0.15, -0.1) is 0 Å². The lowest BCUT2D eigenvalue weighted by Crippen LogP contribution is -2.45. The molecule has 3 atom stereocenters. The van der Waals surface area contributed by atoms with E-state index < -0.39 is 20.0 Å². The summed E-state index contributed by atoms with van der Waals surface area (Å²) in [4.78, 5) is 25.3. The van der Waals surface area contributed by atoms with Gasteiger partial charge in [-0.05, 0) is 25.7 Å². The molecule has 0 spiro atoms. The van der Waals surface area contributed by atoms with Gasteiger partial charge in [-0.1, -0.05) is 289 Å². The number of quaternary nitrogens is 1. The molecule has 3 unspecified atom stereocenters. The van der Waals surface area contributed by atoms with Gasteiger partial charge in [0.25, 0.3) is 7.82 Å². The molecule has 0 fully saturated rings. The van der Waals surface area contributed by atoms with Crippen LogP contribution in [0.5, 0.6) is 0 Å². The van der Waals surface area contributed by atoms with Crippen molar-refractivity contribution >= 4 is 13.7 Å². The van der Waals surface area contributed by atoms with Crippen LogP contribution >= 0.6 is 7.82 Å². The van der Waals surface area contributed by atoms with Gasteiger partial charge in [-0.25, -0.2) is 0 Å². The maximum atomic E-state index is 12.9. The fourth-order valence-corrected chi connectivity index (χ4v) is 9.71. The van der Waals surface area contributed by atoms with Gasteiger partial charge in [0.1, 0.15) is 13.2 Å². The number of nitrogens with one attached hydrogen (secondary N) is 1. The molecule has 0 saturated heterocycles. The number of carbonyl (C=O) groups is 1. The minimum Gasteiger partial charge on any atom is -0.756 e. The Morgan fingerprint density at radius 1 is 0.500 bits per heavy atom. The van der Waals surface area contributed by atoms with E-state index >= 15 is 0 Å². The number of allylic oxidation sites excluding steroid dienone is 3. The average molecular weight is 982 g/mol. The monoisotopic (exact) mass is 981 g/mol. The van der Waals surface area contributed by atoms with Crippen LogP contribution in [0.2, 0.25) is 0 Å². The molecular weight excluding hydrogens is 864 g/mol. The van der Waals surface area contributed by atoms with Crippen molar-refractivity contribution in [2.75, 3.05) is 40.9 Å². The Labute approximate surface area is 424 Å². The summed E-state index contributed by atoms with van der Waals surface area (Å²) in [5.74, 6) is -0.206. The Morgan fingerprint density at radius 3 is 1.18 bits per heavy atom. The number of nitrogens with zero attached hydrogens (tertiary/aromatic N) is 1. The van der Waals surface area contributed by atoms with E-state index in [1.165, 1.54) is 238 Å². The third kappa shape index (κ3) is 52.8. The molecule has 0 aliphatic rings. The largest absolute Gasteiger partial charge is 0.756 e. The van der Waals surface area contributed by atoms with Crippen molar-refractivity contribution in [2.24, 2.45) is 0 Å². The average Bonchev–Trinajstić information content (AvgIpc) is 3.30. The molecule has 1 amide bonds. The van der Waals surface area contributed by atoms with Crippen LogP contribution in [0.3, 0.4) is 0 Å². The molecule has 9 heteroatoms. The van der Waals surface area contributed by atoms with E-state index in [0.717, 1.165) is 38.5 Å². The van der Waals surface area contributed by atoms with E-state index in [9.17, 15) is 19.4 Å². The fourth-order valence-electron chi connectivity index (χ4n) is 8.98. The molecule has 0 aromatic heterocycles. The van der Waals surface area contributed by atoms with Crippen LogP contribution in [0, 0.1) is 0 Å². The number of hydrogen-bond acceptors (Lipinski definition) is 6. The van der Waals surface area contributed by atoms with E-state index in [1.807, 2.05) is 27.2 Å². The van der Waals surface area contributed by atoms with Crippen molar-refractivity contribution in [3.8, 4) is 0 Å². The number of likely N-dealkylation sites (N-methyl/N-ethyl adjacent to an activating group) is 1. The molecule has 0 aliphatic carbocycles. The molecule has 8 nitrogen and oxygen atoms in total. The summed E-state index contributed by atoms with van der Waals surface area (Å²) in [5, 5.41) is 13.7. The predicted octanol–water partition coefficient (Wildman–Crippen LogP) is 17.4. The third-order valence-electron chi connectivity index (χ3n) is 13.7. The maximum Gasteiger partial charge on any atom is 0.268 e. The quantitative estimate of drug-likeness (QED) is 0.0272. The zero-order chi connectivity index (χ0) is 49.9. The summed E-state index contributed by atoms with van der Waals surface area (Å²) in [5.41, 5.74) is 0. The zero-order valence-corrected chi connectivity index (χ0v) is 47.0. The first-order valence-electron chi connectivity index (χ1n) is 29.7. The topological polar surface area (TPSA) is 108 Å². The summed E-state index contributed by atoms with van der Waals surface area (Å²) < 4.78 is 23.2. The summed E-state index contributed by atoms with van der Waals surface area (Å²) in [6.45, 7) is 4.58. The van der Waals surface area contributed by atoms with Crippen LogP contribution < -0.4 is 10.2 Å². The molecule has 0 rings (SSSR count). The zero-order valence-electron chi connectivity index (χ0n) is 46.1. The fraction of sp³-hybridized carbons (Fsp3) is 0.915. The molecular formula is C59H117N2O6P. The minimum absolute atomic E-state index is 0.00465. The lowest BCUT2D eigenvalue weighted by molar-refractivity contribution is -0.870. The molecule has 0 radical (unpaired) electrons. The van der Waals surface area contributed by atoms with Crippen molar-refractivity contribution in [1.29, 1.82) is 0 Å². The standard InChI is InChI=1S/C59H117N2O6P/c1-6-8-10-12-14-16-17-18-19-20-21-22-23-24-25-26-27-28-29-30-31-32-33-34-35-36-37-38-39-40-41-42-43-44-45-47-49-51-53-59(63)60-57(56-67-68(64,65)66-55-54-61(3,4)5)58(62)52-50-48-46-15-13-11-9-7-2/h13,15,50,52,57-58,62H,6-12,14,16-49,51,53-56H2,1-5H3,(H-,60,63,64,65)/b15-13+,52-50+. The van der Waals surface area contributed by atoms with Crippen LogP contribution in [0.25, 0.3) is 0 Å². The number of amides is 1. The van der Waals surface area contributed by atoms with Crippen molar-refractivity contribution in [3.63, 3.8) is 0 Å². The van der Waals surface area contributed by atoms with Crippen LogP contribution in [0.1, 0.15) is 296 Å². The smallest absolute Gasteiger partial charge is 0.268 e. The molecule has 0 aromatic carbocycles. The van der Waals surface area contributed by atoms with E-state index in [0.29, 0.717) is 17.4 Å². The highest BCUT2D eigenvalue weighted by molar-refractivity contribution is 7.45. The lowest BCUT2D eigenvalue weighted by atomic mass is 10.0. The SMILES string of the molecule is CCCC/C=C/CC/C=C/C(O)C(COP(=O)([O-])OCC[N+](C)(C)C)NC(=O)CCCCCCCCCCCCCCCCCCCCCCCCCCCCCCCCCCCCCCCC. The molecule has 0 aliphatic heterocycles. The number of rotatable bonds is 55. The minimum atomic E-state index is -4.59. The number of hydrogen-bond donors (Lipinski definition) is 2. The number of phosphoric ester groups is 1. The number of aliphatic hydroxyl groups excluding tert-OH is 1. The van der Waals surface area contributed by atoms with Crippen molar-refractivity contribution in [3.05, 3.63) is 24.3 Å². The normalized spacial score (nSPS) is 14.0. The molecule has 68 heavy (non-hydrogen) atoms. The van der Waals surface area contributed by atoms with E-state index in [4.69, 9.17) is 9.05 Å². The van der Waals surface area contributed by atoms with E-state index in [2.05, 4.69) is 31.3 Å². The molecule has 0 bridgehead atoms. The molecule has 0 aromatic rings. The molecule has 404 valence electrons. The van der Waals surface area contributed by atoms with Gasteiger partial charge in [0.15, 0.2) is 0 Å². The second-order valence-corrected chi connectivity index (χ2v) is 23.1. The van der Waals surface area contributed by atoms with Gasteiger partial charge in [0.2, 0.25) is 5.91 Å². The number of carbonyl (C=O) groups excluding carboxylic acids is 1. The molecule has 0 heterocycles. The Kier molecular flexibility index (Phi) is 50.1. The van der Waals surface area contributed by atoms with Gasteiger partial charge >= 0.3 is 0 Å². The van der Waals surface area contributed by atoms with E-state index in [-0.39, 0.29) is 19.1 Å². The van der Waals surface area contributed by atoms with Crippen LogP contribution in [-0.4, -0.2) is 68.5 Å². The number of phosphoric acid groups is 1. The van der Waals surface area contributed by atoms with Crippen LogP contribution in [0.4, 0.5) is 0 Å². The Hall–Kier alpha value is -1.02. The van der Waals surface area contributed by atoms with Gasteiger partial charge < -0.3 is 28.8 Å². The van der Waals surface area contributed by atoms with Gasteiger partial charge in [0.05, 0.1) is 39.9 Å². The summed E-state index contributed by atoms with van der Waals surface area (Å²) >= 11 is 0. The molecule has 2 N–H and O–H groups in total. The van der Waals surface area contributed by atoms with Crippen LogP contribution in [0.15, 0.2) is 24.3 Å². The third-order valence-corrected chi connectivity index (χ3v) is 14.6. The first-order valence-corrected chi connectivity index (χ1v) is 31.2. The first-order chi connectivity index (χ1) is 33.0. The van der Waals surface area contributed by atoms with Crippen molar-refractivity contribution in [2.45, 2.75) is 309 Å². The number of aliphatic hydroxyl groups is 1. The highest BCUT2D eigenvalue weighted by Crippen LogP contribution is 2.38.